The van der Waals surface area contributed by atoms with E-state index in [-0.39, 0.29) is 42.2 Å². The van der Waals surface area contributed by atoms with Gasteiger partial charge < -0.3 is 0 Å². The van der Waals surface area contributed by atoms with Crippen LogP contribution in [0.3, 0.4) is 0 Å². The van der Waals surface area contributed by atoms with Crippen molar-refractivity contribution < 1.29 is 0 Å². The van der Waals surface area contributed by atoms with E-state index in [9.17, 15) is 0 Å². The summed E-state index contributed by atoms with van der Waals surface area (Å²) in [7, 11) is 2.70. The molecular formula is C4H13AlCl2P. The molecule has 0 fully saturated rings. The minimum absolute atomic E-state index is 0. The van der Waals surface area contributed by atoms with Crippen molar-refractivity contribution in [1.82, 2.24) is 0 Å². The van der Waals surface area contributed by atoms with Gasteiger partial charge >= 0.3 is 0 Å². The molecule has 1 atom stereocenters. The van der Waals surface area contributed by atoms with E-state index in [0.717, 1.165) is 0 Å². The summed E-state index contributed by atoms with van der Waals surface area (Å²) in [6.45, 7) is 2.20. The molecule has 0 aromatic rings. The summed E-state index contributed by atoms with van der Waals surface area (Å²) in [6.07, 6.45) is 3.94. The maximum Gasteiger partial charge on any atom is 0 e. The molecule has 0 aliphatic heterocycles. The van der Waals surface area contributed by atoms with Crippen LogP contribution in [0.15, 0.2) is 0 Å². The summed E-state index contributed by atoms with van der Waals surface area (Å²) < 4.78 is 0. The fourth-order valence-electron chi connectivity index (χ4n) is 0.204. The van der Waals surface area contributed by atoms with Gasteiger partial charge in [0.2, 0.25) is 0 Å². The van der Waals surface area contributed by atoms with Crippen LogP contribution >= 0.6 is 34.1 Å². The van der Waals surface area contributed by atoms with Gasteiger partial charge in [-0.1, -0.05) is 19.8 Å². The molecule has 0 saturated carbocycles. The van der Waals surface area contributed by atoms with Crippen molar-refractivity contribution in [3.8, 4) is 0 Å². The largest absolute Gasteiger partial charge is 0.147 e. The average Bonchev–Trinajstić information content (AvgIpc) is 1.41. The molecule has 0 saturated heterocycles. The van der Waals surface area contributed by atoms with Gasteiger partial charge in [-0.25, -0.2) is 0 Å². The van der Waals surface area contributed by atoms with Crippen LogP contribution in [0.5, 0.6) is 0 Å². The lowest BCUT2D eigenvalue weighted by molar-refractivity contribution is 0.897. The maximum absolute atomic E-state index is 2.70. The summed E-state index contributed by atoms with van der Waals surface area (Å²) in [4.78, 5) is 0. The molecule has 0 spiro atoms. The Kier molecular flexibility index (Phi) is 66.7. The second-order valence-corrected chi connectivity index (χ2v) is 1.72. The Bertz CT molecular complexity index is 21.5. The van der Waals surface area contributed by atoms with E-state index < -0.39 is 0 Å². The van der Waals surface area contributed by atoms with Gasteiger partial charge in [0.15, 0.2) is 0 Å². The second-order valence-electron chi connectivity index (χ2n) is 1.14. The number of hydrogen-bond acceptors (Lipinski definition) is 0. The van der Waals surface area contributed by atoms with Crippen LogP contribution in [-0.4, -0.2) is 23.5 Å². The molecule has 0 amide bonds. The lowest BCUT2D eigenvalue weighted by Gasteiger charge is -1.79. The molecular weight excluding hydrogens is 177 g/mol. The zero-order valence-corrected chi connectivity index (χ0v) is 9.03. The zero-order chi connectivity index (χ0) is 4.12. The molecule has 0 nitrogen and oxygen atoms in total. The van der Waals surface area contributed by atoms with E-state index in [2.05, 4.69) is 16.2 Å². The van der Waals surface area contributed by atoms with Gasteiger partial charge in [0.05, 0.1) is 0 Å². The third-order valence-corrected chi connectivity index (χ3v) is 0.966. The van der Waals surface area contributed by atoms with Crippen molar-refractivity contribution >= 4 is 51.4 Å². The lowest BCUT2D eigenvalue weighted by Crippen LogP contribution is -1.64. The summed E-state index contributed by atoms with van der Waals surface area (Å²) >= 11 is 0. The number of hydrogen-bond donors (Lipinski definition) is 0. The van der Waals surface area contributed by atoms with Gasteiger partial charge in [-0.15, -0.1) is 34.1 Å². The number of rotatable bonds is 2. The van der Waals surface area contributed by atoms with Gasteiger partial charge in [0.1, 0.15) is 0 Å². The summed E-state index contributed by atoms with van der Waals surface area (Å²) in [5.74, 6) is 0. The fraction of sp³-hybridized carbons (Fsp3) is 1.00. The predicted molar refractivity (Wildman–Crippen MR) is 49.7 cm³/mol. The number of unbranched alkanes of at least 4 members (excludes halogenated alkanes) is 1. The van der Waals surface area contributed by atoms with E-state index in [4.69, 9.17) is 0 Å². The van der Waals surface area contributed by atoms with E-state index in [0.29, 0.717) is 0 Å². The molecule has 0 rings (SSSR count). The first-order valence-corrected chi connectivity index (χ1v) is 2.93. The highest BCUT2D eigenvalue weighted by atomic mass is 35.5. The van der Waals surface area contributed by atoms with Crippen LogP contribution in [0.2, 0.25) is 0 Å². The SMILES string of the molecule is CCCCP.Cl.Cl.[Al]. The highest BCUT2D eigenvalue weighted by Gasteiger charge is 1.68. The Hall–Kier alpha value is 1.54. The third kappa shape index (κ3) is 25.7. The summed E-state index contributed by atoms with van der Waals surface area (Å²) in [6, 6.07) is 0. The first-order chi connectivity index (χ1) is 2.41. The Balaban J connectivity index is -0.0000000267. The van der Waals surface area contributed by atoms with Crippen molar-refractivity contribution in [3.05, 3.63) is 0 Å². The fourth-order valence-corrected chi connectivity index (χ4v) is 0.612. The Morgan fingerprint density at radius 1 is 1.25 bits per heavy atom. The third-order valence-electron chi connectivity index (χ3n) is 0.558. The van der Waals surface area contributed by atoms with E-state index >= 15 is 0 Å². The molecule has 0 aliphatic carbocycles. The molecule has 0 heterocycles. The highest BCUT2D eigenvalue weighted by Crippen LogP contribution is 1.89. The Morgan fingerprint density at radius 3 is 1.62 bits per heavy atom. The maximum atomic E-state index is 2.70. The molecule has 0 aliphatic rings. The van der Waals surface area contributed by atoms with Crippen molar-refractivity contribution in [2.75, 3.05) is 6.16 Å². The monoisotopic (exact) mass is 189 g/mol. The van der Waals surface area contributed by atoms with Crippen LogP contribution in [0.1, 0.15) is 19.8 Å². The van der Waals surface area contributed by atoms with Crippen LogP contribution in [0.4, 0.5) is 0 Å². The average molecular weight is 190 g/mol. The highest BCUT2D eigenvalue weighted by molar-refractivity contribution is 7.16. The summed E-state index contributed by atoms with van der Waals surface area (Å²) in [5, 5.41) is 0. The Labute approximate surface area is 77.3 Å². The molecule has 0 N–H and O–H groups in total. The molecule has 0 aromatic carbocycles. The van der Waals surface area contributed by atoms with E-state index in [1.54, 1.807) is 0 Å². The van der Waals surface area contributed by atoms with Crippen molar-refractivity contribution in [1.29, 1.82) is 0 Å². The number of halogens is 2. The van der Waals surface area contributed by atoms with Crippen LogP contribution in [0.25, 0.3) is 0 Å². The normalized spacial score (nSPS) is 5.25. The molecule has 8 heavy (non-hydrogen) atoms. The zero-order valence-electron chi connectivity index (χ0n) is 5.09. The predicted octanol–water partition coefficient (Wildman–Crippen LogP) is 2.12. The first-order valence-electron chi connectivity index (χ1n) is 2.12. The molecule has 1 unspecified atom stereocenters. The molecule has 0 aromatic heterocycles. The Morgan fingerprint density at radius 2 is 1.62 bits per heavy atom. The van der Waals surface area contributed by atoms with Gasteiger partial charge in [-0.3, -0.25) is 0 Å². The topological polar surface area (TPSA) is 0 Å². The first kappa shape index (κ1) is 22.7. The molecule has 4 heteroatoms. The molecule has 3 radical (unpaired) electrons. The van der Waals surface area contributed by atoms with Crippen molar-refractivity contribution in [3.63, 3.8) is 0 Å². The lowest BCUT2D eigenvalue weighted by atomic mass is 10.4. The van der Waals surface area contributed by atoms with Crippen molar-refractivity contribution in [2.45, 2.75) is 19.8 Å². The van der Waals surface area contributed by atoms with Crippen LogP contribution in [-0.2, 0) is 0 Å². The summed E-state index contributed by atoms with van der Waals surface area (Å²) in [5.41, 5.74) is 0. The van der Waals surface area contributed by atoms with E-state index in [1.807, 2.05) is 0 Å². The van der Waals surface area contributed by atoms with Crippen molar-refractivity contribution in [2.24, 2.45) is 0 Å². The smallest absolute Gasteiger partial charge is 0 e. The van der Waals surface area contributed by atoms with E-state index in [1.165, 1.54) is 19.0 Å². The molecule has 51 valence electrons. The minimum Gasteiger partial charge on any atom is -0.147 e. The second kappa shape index (κ2) is 23.6. The van der Waals surface area contributed by atoms with Crippen LogP contribution in [0, 0.1) is 0 Å². The minimum atomic E-state index is 0. The van der Waals surface area contributed by atoms with Gasteiger partial charge in [0.25, 0.3) is 0 Å². The quantitative estimate of drug-likeness (QED) is 0.462. The molecule has 0 bridgehead atoms. The van der Waals surface area contributed by atoms with Gasteiger partial charge in [-0.05, 0) is 6.16 Å². The standard InChI is InChI=1S/C4H11P.Al.2ClH/c1-2-3-4-5;;;/h2-5H2,1H3;;2*1H. The van der Waals surface area contributed by atoms with Gasteiger partial charge in [-0.2, -0.15) is 0 Å². The van der Waals surface area contributed by atoms with Gasteiger partial charge in [0, 0.05) is 17.4 Å². The van der Waals surface area contributed by atoms with Crippen LogP contribution < -0.4 is 0 Å².